The third kappa shape index (κ3) is 1.10. The summed E-state index contributed by atoms with van der Waals surface area (Å²) in [7, 11) is 2.12. The SMILES string of the molecule is Cc1c2[n+](c(C)n1C)C(C)(C)c1c-2oc2ccccc12. The van der Waals surface area contributed by atoms with Crippen molar-refractivity contribution in [3.8, 4) is 11.5 Å². The fourth-order valence-corrected chi connectivity index (χ4v) is 3.76. The Kier molecular flexibility index (Phi) is 1.97. The summed E-state index contributed by atoms with van der Waals surface area (Å²) in [5, 5.41) is 1.23. The molecule has 0 atom stereocenters. The molecule has 0 fully saturated rings. The Morgan fingerprint density at radius 3 is 2.60 bits per heavy atom. The van der Waals surface area contributed by atoms with Gasteiger partial charge in [0.1, 0.15) is 11.1 Å². The number of imidazole rings is 1. The van der Waals surface area contributed by atoms with E-state index >= 15 is 0 Å². The number of hydrogen-bond donors (Lipinski definition) is 0. The Bertz CT molecular complexity index is 865. The molecule has 0 saturated carbocycles. The van der Waals surface area contributed by atoms with Crippen LogP contribution in [0.3, 0.4) is 0 Å². The van der Waals surface area contributed by atoms with Crippen molar-refractivity contribution in [1.29, 1.82) is 0 Å². The van der Waals surface area contributed by atoms with E-state index in [1.807, 2.05) is 6.07 Å². The maximum Gasteiger partial charge on any atom is 0.254 e. The van der Waals surface area contributed by atoms with E-state index in [1.165, 1.54) is 28.2 Å². The van der Waals surface area contributed by atoms with E-state index in [2.05, 4.69) is 62.1 Å². The second-order valence-corrected chi connectivity index (χ2v) is 6.24. The standard InChI is InChI=1S/C17H19N2O/c1-10-15-16-14(12-8-6-7-9-13(12)20-16)17(3,4)19(15)11(2)18(10)5/h6-9H,1-5H3/q+1. The van der Waals surface area contributed by atoms with Crippen molar-refractivity contribution in [2.75, 3.05) is 0 Å². The number of hydrogen-bond acceptors (Lipinski definition) is 1. The van der Waals surface area contributed by atoms with Gasteiger partial charge in [0.2, 0.25) is 5.69 Å². The predicted molar refractivity (Wildman–Crippen MR) is 78.7 cm³/mol. The second kappa shape index (κ2) is 3.35. The molecule has 2 aromatic heterocycles. The first-order valence-electron chi connectivity index (χ1n) is 7.05. The summed E-state index contributed by atoms with van der Waals surface area (Å²) in [4.78, 5) is 0. The monoisotopic (exact) mass is 267 g/mol. The summed E-state index contributed by atoms with van der Waals surface area (Å²) in [5.41, 5.74) is 4.70. The zero-order valence-electron chi connectivity index (χ0n) is 12.6. The molecule has 1 aliphatic rings. The highest BCUT2D eigenvalue weighted by molar-refractivity contribution is 5.89. The lowest BCUT2D eigenvalue weighted by Crippen LogP contribution is -2.52. The van der Waals surface area contributed by atoms with Crippen LogP contribution in [0.1, 0.15) is 30.9 Å². The van der Waals surface area contributed by atoms with Gasteiger partial charge in [-0.05, 0) is 19.9 Å². The minimum absolute atomic E-state index is 0.0760. The van der Waals surface area contributed by atoms with Crippen LogP contribution in [-0.4, -0.2) is 4.57 Å². The van der Waals surface area contributed by atoms with Gasteiger partial charge in [0, 0.05) is 19.2 Å². The van der Waals surface area contributed by atoms with Gasteiger partial charge in [-0.1, -0.05) is 18.2 Å². The highest BCUT2D eigenvalue weighted by atomic mass is 16.3. The molecule has 3 heterocycles. The van der Waals surface area contributed by atoms with E-state index in [-0.39, 0.29) is 5.54 Å². The van der Waals surface area contributed by atoms with Crippen LogP contribution < -0.4 is 4.57 Å². The summed E-state index contributed by atoms with van der Waals surface area (Å²) in [5.74, 6) is 2.30. The number of rotatable bonds is 0. The molecule has 0 aliphatic carbocycles. The van der Waals surface area contributed by atoms with Crippen LogP contribution >= 0.6 is 0 Å². The highest BCUT2D eigenvalue weighted by Gasteiger charge is 2.49. The molecule has 0 unspecified atom stereocenters. The summed E-state index contributed by atoms with van der Waals surface area (Å²) >= 11 is 0. The smallest absolute Gasteiger partial charge is 0.254 e. The minimum Gasteiger partial charge on any atom is -0.452 e. The minimum atomic E-state index is -0.0760. The Labute approximate surface area is 118 Å². The predicted octanol–water partition coefficient (Wildman–Crippen LogP) is 3.44. The topological polar surface area (TPSA) is 21.9 Å². The quantitative estimate of drug-likeness (QED) is 0.572. The summed E-state index contributed by atoms with van der Waals surface area (Å²) < 4.78 is 10.8. The van der Waals surface area contributed by atoms with Crippen LogP contribution in [0.5, 0.6) is 0 Å². The zero-order valence-corrected chi connectivity index (χ0v) is 12.6. The van der Waals surface area contributed by atoms with Gasteiger partial charge in [0.25, 0.3) is 5.82 Å². The van der Waals surface area contributed by atoms with Crippen molar-refractivity contribution in [1.82, 2.24) is 4.57 Å². The molecule has 0 bridgehead atoms. The number of para-hydroxylation sites is 1. The Morgan fingerprint density at radius 1 is 1.15 bits per heavy atom. The molecule has 0 saturated heterocycles. The largest absolute Gasteiger partial charge is 0.452 e. The molecule has 20 heavy (non-hydrogen) atoms. The van der Waals surface area contributed by atoms with Crippen LogP contribution in [0.2, 0.25) is 0 Å². The maximum atomic E-state index is 6.19. The molecule has 3 nitrogen and oxygen atoms in total. The molecule has 3 heteroatoms. The third-order valence-electron chi connectivity index (χ3n) is 4.86. The number of furan rings is 1. The number of benzene rings is 1. The zero-order chi connectivity index (χ0) is 14.2. The van der Waals surface area contributed by atoms with Gasteiger partial charge in [-0.25, -0.2) is 9.13 Å². The molecule has 0 N–H and O–H groups in total. The fourth-order valence-electron chi connectivity index (χ4n) is 3.76. The lowest BCUT2D eigenvalue weighted by Gasteiger charge is -2.18. The van der Waals surface area contributed by atoms with Crippen molar-refractivity contribution in [3.05, 3.63) is 41.3 Å². The molecule has 1 aromatic carbocycles. The van der Waals surface area contributed by atoms with Crippen LogP contribution in [0.4, 0.5) is 0 Å². The fraction of sp³-hybridized carbons (Fsp3) is 0.353. The van der Waals surface area contributed by atoms with Crippen molar-refractivity contribution in [2.24, 2.45) is 7.05 Å². The van der Waals surface area contributed by atoms with Gasteiger partial charge in [0.15, 0.2) is 11.5 Å². The molecule has 3 aromatic rings. The summed E-state index contributed by atoms with van der Waals surface area (Å²) in [6.07, 6.45) is 0. The van der Waals surface area contributed by atoms with E-state index < -0.39 is 0 Å². The Balaban J connectivity index is 2.22. The van der Waals surface area contributed by atoms with Crippen LogP contribution in [0.25, 0.3) is 22.4 Å². The first kappa shape index (κ1) is 11.8. The average molecular weight is 267 g/mol. The lowest BCUT2D eigenvalue weighted by atomic mass is 9.94. The molecule has 0 spiro atoms. The van der Waals surface area contributed by atoms with Gasteiger partial charge >= 0.3 is 0 Å². The van der Waals surface area contributed by atoms with E-state index in [0.29, 0.717) is 0 Å². The van der Waals surface area contributed by atoms with Crippen LogP contribution in [0.15, 0.2) is 28.7 Å². The van der Waals surface area contributed by atoms with Gasteiger partial charge in [-0.3, -0.25) is 0 Å². The molecule has 1 aliphatic heterocycles. The first-order valence-corrected chi connectivity index (χ1v) is 7.05. The number of aromatic nitrogens is 2. The maximum absolute atomic E-state index is 6.19. The second-order valence-electron chi connectivity index (χ2n) is 6.24. The van der Waals surface area contributed by atoms with Gasteiger partial charge in [0.05, 0.1) is 12.6 Å². The lowest BCUT2D eigenvalue weighted by molar-refractivity contribution is -0.736. The summed E-state index contributed by atoms with van der Waals surface area (Å²) in [6.45, 7) is 8.89. The molecular formula is C17H19N2O+. The molecule has 102 valence electrons. The van der Waals surface area contributed by atoms with E-state index in [0.717, 1.165) is 11.3 Å². The van der Waals surface area contributed by atoms with Crippen molar-refractivity contribution in [2.45, 2.75) is 33.2 Å². The van der Waals surface area contributed by atoms with E-state index in [9.17, 15) is 0 Å². The Morgan fingerprint density at radius 2 is 1.85 bits per heavy atom. The van der Waals surface area contributed by atoms with Crippen LogP contribution in [0, 0.1) is 13.8 Å². The molecule has 0 radical (unpaired) electrons. The molecule has 4 rings (SSSR count). The van der Waals surface area contributed by atoms with E-state index in [4.69, 9.17) is 4.42 Å². The van der Waals surface area contributed by atoms with Crippen molar-refractivity contribution < 1.29 is 8.98 Å². The summed E-state index contributed by atoms with van der Waals surface area (Å²) in [6, 6.07) is 8.34. The van der Waals surface area contributed by atoms with Gasteiger partial charge in [-0.2, -0.15) is 0 Å². The highest BCUT2D eigenvalue weighted by Crippen LogP contribution is 2.45. The average Bonchev–Trinajstić information content (AvgIpc) is 2.97. The van der Waals surface area contributed by atoms with Crippen molar-refractivity contribution >= 4 is 11.0 Å². The molecule has 0 amide bonds. The van der Waals surface area contributed by atoms with Gasteiger partial charge in [-0.15, -0.1) is 0 Å². The van der Waals surface area contributed by atoms with Gasteiger partial charge < -0.3 is 4.42 Å². The van der Waals surface area contributed by atoms with Crippen molar-refractivity contribution in [3.63, 3.8) is 0 Å². The molecular weight excluding hydrogens is 248 g/mol. The number of fused-ring (bicyclic) bond motifs is 5. The Hall–Kier alpha value is -2.03. The number of nitrogens with zero attached hydrogens (tertiary/aromatic N) is 2. The van der Waals surface area contributed by atoms with E-state index in [1.54, 1.807) is 0 Å². The first-order chi connectivity index (χ1) is 9.44. The van der Waals surface area contributed by atoms with Crippen LogP contribution in [-0.2, 0) is 12.6 Å². The normalized spacial score (nSPS) is 15.7. The third-order valence-corrected chi connectivity index (χ3v) is 4.86.